The first kappa shape index (κ1) is 15.9. The van der Waals surface area contributed by atoms with Crippen molar-refractivity contribution in [1.82, 2.24) is 15.1 Å². The molecule has 22 heavy (non-hydrogen) atoms. The monoisotopic (exact) mass is 303 g/mol. The van der Waals surface area contributed by atoms with Crippen LogP contribution in [0.1, 0.15) is 31.5 Å². The van der Waals surface area contributed by atoms with Crippen molar-refractivity contribution < 1.29 is 14.3 Å². The standard InChI is InChI=1S/C16H21N3O3/c1-11(14-7-6-13(21-3)10-15(14)22-4)18-16(20)12(2)19-9-5-8-17-19/h5-12H,1-4H3,(H,18,20)/t11-,12+/m1/s1. The number of benzene rings is 1. The lowest BCUT2D eigenvalue weighted by molar-refractivity contribution is -0.124. The molecule has 0 unspecified atom stereocenters. The van der Waals surface area contributed by atoms with Crippen molar-refractivity contribution in [3.05, 3.63) is 42.2 Å². The van der Waals surface area contributed by atoms with E-state index < -0.39 is 0 Å². The van der Waals surface area contributed by atoms with Crippen molar-refractivity contribution in [2.75, 3.05) is 14.2 Å². The topological polar surface area (TPSA) is 65.4 Å². The Bertz CT molecular complexity index is 626. The molecule has 2 aromatic rings. The van der Waals surface area contributed by atoms with Gasteiger partial charge in [0.25, 0.3) is 0 Å². The van der Waals surface area contributed by atoms with E-state index in [0.29, 0.717) is 11.5 Å². The van der Waals surface area contributed by atoms with Crippen LogP contribution < -0.4 is 14.8 Å². The van der Waals surface area contributed by atoms with Gasteiger partial charge in [-0.3, -0.25) is 9.48 Å². The van der Waals surface area contributed by atoms with Crippen LogP contribution >= 0.6 is 0 Å². The minimum absolute atomic E-state index is 0.103. The molecular formula is C16H21N3O3. The molecule has 6 heteroatoms. The smallest absolute Gasteiger partial charge is 0.245 e. The lowest BCUT2D eigenvalue weighted by Crippen LogP contribution is -2.33. The highest BCUT2D eigenvalue weighted by atomic mass is 16.5. The average Bonchev–Trinajstić information content (AvgIpc) is 3.07. The lowest BCUT2D eigenvalue weighted by atomic mass is 10.1. The molecule has 1 N–H and O–H groups in total. The second-order valence-electron chi connectivity index (χ2n) is 5.00. The van der Waals surface area contributed by atoms with Gasteiger partial charge < -0.3 is 14.8 Å². The number of carbonyl (C=O) groups excluding carboxylic acids is 1. The molecule has 0 saturated heterocycles. The van der Waals surface area contributed by atoms with Gasteiger partial charge in [-0.1, -0.05) is 0 Å². The minimum Gasteiger partial charge on any atom is -0.497 e. The first-order chi connectivity index (χ1) is 10.6. The van der Waals surface area contributed by atoms with Gasteiger partial charge >= 0.3 is 0 Å². The Morgan fingerprint density at radius 2 is 2.05 bits per heavy atom. The second-order valence-corrected chi connectivity index (χ2v) is 5.00. The SMILES string of the molecule is COc1ccc([C@@H](C)NC(=O)[C@H](C)n2cccn2)c(OC)c1. The summed E-state index contributed by atoms with van der Waals surface area (Å²) in [5, 5.41) is 7.06. The van der Waals surface area contributed by atoms with Crippen LogP contribution in [0.15, 0.2) is 36.7 Å². The Hall–Kier alpha value is -2.50. The maximum absolute atomic E-state index is 12.3. The Balaban J connectivity index is 2.11. The predicted molar refractivity (Wildman–Crippen MR) is 83.0 cm³/mol. The van der Waals surface area contributed by atoms with Crippen molar-refractivity contribution in [1.29, 1.82) is 0 Å². The van der Waals surface area contributed by atoms with E-state index in [1.807, 2.05) is 19.1 Å². The zero-order chi connectivity index (χ0) is 16.1. The van der Waals surface area contributed by atoms with Crippen LogP contribution in [0.5, 0.6) is 11.5 Å². The van der Waals surface area contributed by atoms with E-state index in [-0.39, 0.29) is 18.0 Å². The summed E-state index contributed by atoms with van der Waals surface area (Å²) in [5.74, 6) is 1.29. The number of nitrogens with zero attached hydrogens (tertiary/aromatic N) is 2. The zero-order valence-corrected chi connectivity index (χ0v) is 13.2. The number of ether oxygens (including phenoxy) is 2. The number of hydrogen-bond donors (Lipinski definition) is 1. The van der Waals surface area contributed by atoms with E-state index in [4.69, 9.17) is 9.47 Å². The summed E-state index contributed by atoms with van der Waals surface area (Å²) >= 11 is 0. The van der Waals surface area contributed by atoms with Crippen LogP contribution in [0.3, 0.4) is 0 Å². The molecule has 2 rings (SSSR count). The highest BCUT2D eigenvalue weighted by Gasteiger charge is 2.20. The van der Waals surface area contributed by atoms with Crippen LogP contribution in [0, 0.1) is 0 Å². The van der Waals surface area contributed by atoms with Crippen LogP contribution in [0.4, 0.5) is 0 Å². The van der Waals surface area contributed by atoms with E-state index in [0.717, 1.165) is 5.56 Å². The Labute approximate surface area is 130 Å². The van der Waals surface area contributed by atoms with E-state index >= 15 is 0 Å². The van der Waals surface area contributed by atoms with E-state index in [1.54, 1.807) is 50.4 Å². The molecule has 2 atom stereocenters. The van der Waals surface area contributed by atoms with Crippen molar-refractivity contribution in [3.63, 3.8) is 0 Å². The van der Waals surface area contributed by atoms with Crippen molar-refractivity contribution in [2.24, 2.45) is 0 Å². The maximum atomic E-state index is 12.3. The number of nitrogens with one attached hydrogen (secondary N) is 1. The molecule has 1 aromatic carbocycles. The highest BCUT2D eigenvalue weighted by molar-refractivity contribution is 5.80. The van der Waals surface area contributed by atoms with Crippen molar-refractivity contribution >= 4 is 5.91 Å². The third-order valence-corrected chi connectivity index (χ3v) is 3.57. The summed E-state index contributed by atoms with van der Waals surface area (Å²) in [4.78, 5) is 12.3. The number of carbonyl (C=O) groups is 1. The van der Waals surface area contributed by atoms with Crippen molar-refractivity contribution in [3.8, 4) is 11.5 Å². The number of hydrogen-bond acceptors (Lipinski definition) is 4. The predicted octanol–water partition coefficient (Wildman–Crippen LogP) is 2.34. The lowest BCUT2D eigenvalue weighted by Gasteiger charge is -2.20. The molecule has 0 saturated carbocycles. The van der Waals surface area contributed by atoms with Gasteiger partial charge in [0.1, 0.15) is 17.5 Å². The molecular weight excluding hydrogens is 282 g/mol. The van der Waals surface area contributed by atoms with Crippen LogP contribution in [-0.2, 0) is 4.79 Å². The van der Waals surface area contributed by atoms with Gasteiger partial charge in [0.2, 0.25) is 5.91 Å². The van der Waals surface area contributed by atoms with Crippen LogP contribution in [0.25, 0.3) is 0 Å². The summed E-state index contributed by atoms with van der Waals surface area (Å²) in [6, 6.07) is 6.76. The fourth-order valence-corrected chi connectivity index (χ4v) is 2.22. The molecule has 0 radical (unpaired) electrons. The summed E-state index contributed by atoms with van der Waals surface area (Å²) in [6.07, 6.45) is 3.42. The average molecular weight is 303 g/mol. The van der Waals surface area contributed by atoms with Gasteiger partial charge in [0.15, 0.2) is 0 Å². The molecule has 1 aromatic heterocycles. The van der Waals surface area contributed by atoms with Crippen molar-refractivity contribution in [2.45, 2.75) is 25.9 Å². The molecule has 0 aliphatic carbocycles. The third kappa shape index (κ3) is 3.39. The van der Waals surface area contributed by atoms with Gasteiger partial charge in [-0.15, -0.1) is 0 Å². The molecule has 118 valence electrons. The molecule has 6 nitrogen and oxygen atoms in total. The number of rotatable bonds is 6. The fraction of sp³-hybridized carbons (Fsp3) is 0.375. The molecule has 0 aliphatic rings. The Morgan fingerprint density at radius 1 is 1.27 bits per heavy atom. The fourth-order valence-electron chi connectivity index (χ4n) is 2.22. The largest absolute Gasteiger partial charge is 0.497 e. The maximum Gasteiger partial charge on any atom is 0.245 e. The van der Waals surface area contributed by atoms with Gasteiger partial charge in [-0.25, -0.2) is 0 Å². The van der Waals surface area contributed by atoms with E-state index in [2.05, 4.69) is 10.4 Å². The summed E-state index contributed by atoms with van der Waals surface area (Å²) < 4.78 is 12.2. The quantitative estimate of drug-likeness (QED) is 0.889. The van der Waals surface area contributed by atoms with Gasteiger partial charge in [-0.05, 0) is 32.0 Å². The summed E-state index contributed by atoms with van der Waals surface area (Å²) in [5.41, 5.74) is 0.893. The van der Waals surface area contributed by atoms with Gasteiger partial charge in [0, 0.05) is 24.0 Å². The number of amides is 1. The first-order valence-electron chi connectivity index (χ1n) is 7.08. The normalized spacial score (nSPS) is 13.3. The minimum atomic E-state index is -0.373. The van der Waals surface area contributed by atoms with Crippen LogP contribution in [-0.4, -0.2) is 29.9 Å². The Kier molecular flexibility index (Phi) is 5.04. The molecule has 0 aliphatic heterocycles. The van der Waals surface area contributed by atoms with Crippen LogP contribution in [0.2, 0.25) is 0 Å². The summed E-state index contributed by atoms with van der Waals surface area (Å²) in [6.45, 7) is 3.72. The zero-order valence-electron chi connectivity index (χ0n) is 13.2. The van der Waals surface area contributed by atoms with Gasteiger partial charge in [0.05, 0.1) is 20.3 Å². The molecule has 0 fully saturated rings. The third-order valence-electron chi connectivity index (χ3n) is 3.57. The molecule has 1 amide bonds. The summed E-state index contributed by atoms with van der Waals surface area (Å²) in [7, 11) is 3.20. The molecule has 0 bridgehead atoms. The number of methoxy groups -OCH3 is 2. The molecule has 0 spiro atoms. The second kappa shape index (κ2) is 6.98. The van der Waals surface area contributed by atoms with Gasteiger partial charge in [-0.2, -0.15) is 5.10 Å². The highest BCUT2D eigenvalue weighted by Crippen LogP contribution is 2.29. The number of aromatic nitrogens is 2. The van der Waals surface area contributed by atoms with E-state index in [9.17, 15) is 4.79 Å². The van der Waals surface area contributed by atoms with E-state index in [1.165, 1.54) is 0 Å². The Morgan fingerprint density at radius 3 is 2.64 bits per heavy atom. The molecule has 1 heterocycles. The first-order valence-corrected chi connectivity index (χ1v) is 7.08.